The summed E-state index contributed by atoms with van der Waals surface area (Å²) in [7, 11) is 0. The van der Waals surface area contributed by atoms with Crippen LogP contribution >= 0.6 is 23.1 Å². The van der Waals surface area contributed by atoms with Crippen LogP contribution in [0.4, 0.5) is 4.39 Å². The van der Waals surface area contributed by atoms with Crippen molar-refractivity contribution in [2.75, 3.05) is 12.4 Å². The molecule has 6 nitrogen and oxygen atoms in total. The van der Waals surface area contributed by atoms with E-state index in [1.807, 2.05) is 43.5 Å². The van der Waals surface area contributed by atoms with E-state index < -0.39 is 0 Å². The maximum absolute atomic E-state index is 14.7. The van der Waals surface area contributed by atoms with E-state index in [0.29, 0.717) is 35.6 Å². The van der Waals surface area contributed by atoms with E-state index in [9.17, 15) is 9.18 Å². The zero-order valence-corrected chi connectivity index (χ0v) is 18.8. The minimum atomic E-state index is -0.360. The minimum absolute atomic E-state index is 0.0174. The van der Waals surface area contributed by atoms with Crippen LogP contribution in [0.2, 0.25) is 0 Å². The van der Waals surface area contributed by atoms with E-state index in [0.717, 1.165) is 17.0 Å². The summed E-state index contributed by atoms with van der Waals surface area (Å²) in [6.07, 6.45) is 0. The van der Waals surface area contributed by atoms with Gasteiger partial charge in [0.2, 0.25) is 0 Å². The van der Waals surface area contributed by atoms with Crippen molar-refractivity contribution in [3.63, 3.8) is 0 Å². The van der Waals surface area contributed by atoms with Gasteiger partial charge >= 0.3 is 4.87 Å². The quantitative estimate of drug-likeness (QED) is 0.357. The first-order valence-corrected chi connectivity index (χ1v) is 11.7. The van der Waals surface area contributed by atoms with Gasteiger partial charge in [0, 0.05) is 28.9 Å². The van der Waals surface area contributed by atoms with Crippen LogP contribution in [0.15, 0.2) is 63.9 Å². The summed E-state index contributed by atoms with van der Waals surface area (Å²) in [5, 5.41) is 11.1. The zero-order chi connectivity index (χ0) is 21.8. The predicted octanol–water partition coefficient (Wildman–Crippen LogP) is 4.80. The molecule has 4 rings (SSSR count). The molecule has 0 saturated heterocycles. The van der Waals surface area contributed by atoms with E-state index in [1.54, 1.807) is 27.3 Å². The van der Waals surface area contributed by atoms with Crippen LogP contribution in [-0.4, -0.2) is 31.7 Å². The van der Waals surface area contributed by atoms with Gasteiger partial charge in [-0.25, -0.2) is 4.39 Å². The number of nitrogens with zero attached hydrogens (tertiary/aromatic N) is 4. The number of hydrogen-bond acceptors (Lipinski definition) is 6. The molecule has 0 aliphatic heterocycles. The lowest BCUT2D eigenvalue weighted by atomic mass is 10.2. The Balaban J connectivity index is 1.67. The normalized spacial score (nSPS) is 11.1. The van der Waals surface area contributed by atoms with Crippen molar-refractivity contribution in [2.24, 2.45) is 0 Å². The second-order valence-electron chi connectivity index (χ2n) is 6.69. The molecule has 2 aromatic heterocycles. The van der Waals surface area contributed by atoms with Crippen LogP contribution in [0, 0.1) is 12.7 Å². The highest BCUT2D eigenvalue weighted by molar-refractivity contribution is 7.99. The molecular weight excluding hydrogens is 435 g/mol. The molecule has 0 fully saturated rings. The van der Waals surface area contributed by atoms with Gasteiger partial charge in [-0.3, -0.25) is 9.36 Å². The Bertz CT molecular complexity index is 1230. The Labute approximate surface area is 187 Å². The Hall–Kier alpha value is -2.91. The lowest BCUT2D eigenvalue weighted by molar-refractivity contribution is 0.340. The van der Waals surface area contributed by atoms with Crippen molar-refractivity contribution in [3.8, 4) is 22.8 Å². The number of thiazole rings is 1. The Morgan fingerprint density at radius 1 is 1.13 bits per heavy atom. The lowest BCUT2D eigenvalue weighted by Gasteiger charge is -2.12. The first-order valence-electron chi connectivity index (χ1n) is 9.79. The number of aryl methyl sites for hydroxylation is 1. The Morgan fingerprint density at radius 3 is 2.58 bits per heavy atom. The Kier molecular flexibility index (Phi) is 6.53. The summed E-state index contributed by atoms with van der Waals surface area (Å²) in [5.74, 6) is 1.54. The van der Waals surface area contributed by atoms with Crippen molar-refractivity contribution < 1.29 is 9.13 Å². The molecule has 31 heavy (non-hydrogen) atoms. The fourth-order valence-corrected chi connectivity index (χ4v) is 4.80. The van der Waals surface area contributed by atoms with Gasteiger partial charge in [0.05, 0.1) is 12.3 Å². The number of para-hydroxylation sites is 1. The molecule has 2 aromatic carbocycles. The molecule has 2 heterocycles. The van der Waals surface area contributed by atoms with Crippen LogP contribution in [0.5, 0.6) is 5.75 Å². The molecule has 160 valence electrons. The van der Waals surface area contributed by atoms with Gasteiger partial charge in [-0.1, -0.05) is 35.2 Å². The highest BCUT2D eigenvalue weighted by atomic mass is 32.2. The van der Waals surface area contributed by atoms with Crippen molar-refractivity contribution >= 4 is 23.1 Å². The van der Waals surface area contributed by atoms with Crippen molar-refractivity contribution in [2.45, 2.75) is 25.5 Å². The van der Waals surface area contributed by atoms with E-state index in [1.165, 1.54) is 29.2 Å². The fourth-order valence-electron chi connectivity index (χ4n) is 3.17. The van der Waals surface area contributed by atoms with Crippen LogP contribution in [0.1, 0.15) is 12.6 Å². The van der Waals surface area contributed by atoms with E-state index >= 15 is 0 Å². The topological polar surface area (TPSA) is 61.9 Å². The largest absolute Gasteiger partial charge is 0.494 e. The highest BCUT2D eigenvalue weighted by Gasteiger charge is 2.19. The van der Waals surface area contributed by atoms with Crippen LogP contribution in [0.25, 0.3) is 17.1 Å². The molecule has 0 unspecified atom stereocenters. The molecule has 4 aromatic rings. The minimum Gasteiger partial charge on any atom is -0.494 e. The van der Waals surface area contributed by atoms with E-state index in [4.69, 9.17) is 4.74 Å². The molecular formula is C22H21FN4O2S2. The summed E-state index contributed by atoms with van der Waals surface area (Å²) in [6.45, 7) is 4.96. The molecule has 0 amide bonds. The van der Waals surface area contributed by atoms with Gasteiger partial charge in [0.25, 0.3) is 0 Å². The summed E-state index contributed by atoms with van der Waals surface area (Å²) < 4.78 is 23.7. The maximum Gasteiger partial charge on any atom is 0.307 e. The monoisotopic (exact) mass is 456 g/mol. The van der Waals surface area contributed by atoms with E-state index in [2.05, 4.69) is 10.2 Å². The molecule has 0 atom stereocenters. The standard InChI is InChI=1S/C22H21FN4O2S2/c1-3-29-17-10-8-16(9-11-17)20-24-25-21(27(20)19-7-5-4-6-18(19)23)30-13-12-26-15(2)14-31-22(26)28/h4-11,14H,3,12-13H2,1-2H3. The average Bonchev–Trinajstić information content (AvgIpc) is 3.33. The van der Waals surface area contributed by atoms with Crippen LogP contribution in [0.3, 0.4) is 0 Å². The van der Waals surface area contributed by atoms with Gasteiger partial charge in [-0.2, -0.15) is 0 Å². The molecule has 0 aliphatic rings. The molecule has 0 bridgehead atoms. The summed E-state index contributed by atoms with van der Waals surface area (Å²) in [5.41, 5.74) is 2.11. The molecule has 0 N–H and O–H groups in total. The van der Waals surface area contributed by atoms with Crippen molar-refractivity contribution in [1.82, 2.24) is 19.3 Å². The maximum atomic E-state index is 14.7. The second kappa shape index (κ2) is 9.49. The van der Waals surface area contributed by atoms with E-state index in [-0.39, 0.29) is 10.7 Å². The first-order chi connectivity index (χ1) is 15.1. The number of rotatable bonds is 8. The Morgan fingerprint density at radius 2 is 1.90 bits per heavy atom. The van der Waals surface area contributed by atoms with Crippen molar-refractivity contribution in [3.05, 3.63) is 75.1 Å². The van der Waals surface area contributed by atoms with Gasteiger partial charge in [-0.05, 0) is 50.2 Å². The molecule has 9 heteroatoms. The number of ether oxygens (including phenoxy) is 1. The number of benzene rings is 2. The number of aromatic nitrogens is 4. The smallest absolute Gasteiger partial charge is 0.307 e. The van der Waals surface area contributed by atoms with Crippen LogP contribution in [-0.2, 0) is 6.54 Å². The first kappa shape index (κ1) is 21.3. The SMILES string of the molecule is CCOc1ccc(-c2nnc(SCCn3c(C)csc3=O)n2-c2ccccc2F)cc1. The molecule has 0 radical (unpaired) electrons. The molecule has 0 aliphatic carbocycles. The molecule has 0 saturated carbocycles. The summed E-state index contributed by atoms with van der Waals surface area (Å²) in [4.78, 5) is 12.0. The molecule has 0 spiro atoms. The average molecular weight is 457 g/mol. The lowest BCUT2D eigenvalue weighted by Crippen LogP contribution is -2.16. The number of hydrogen-bond donors (Lipinski definition) is 0. The zero-order valence-electron chi connectivity index (χ0n) is 17.1. The predicted molar refractivity (Wildman–Crippen MR) is 122 cm³/mol. The third kappa shape index (κ3) is 4.57. The van der Waals surface area contributed by atoms with Crippen molar-refractivity contribution in [1.29, 1.82) is 0 Å². The second-order valence-corrected chi connectivity index (χ2v) is 8.58. The van der Waals surface area contributed by atoms with Crippen LogP contribution < -0.4 is 9.61 Å². The third-order valence-electron chi connectivity index (χ3n) is 4.67. The highest BCUT2D eigenvalue weighted by Crippen LogP contribution is 2.30. The summed E-state index contributed by atoms with van der Waals surface area (Å²) >= 11 is 2.63. The number of halogens is 1. The van der Waals surface area contributed by atoms with Gasteiger partial charge < -0.3 is 9.30 Å². The summed E-state index contributed by atoms with van der Waals surface area (Å²) in [6, 6.07) is 14.0. The van der Waals surface area contributed by atoms with Gasteiger partial charge in [-0.15, -0.1) is 10.2 Å². The van der Waals surface area contributed by atoms with Gasteiger partial charge in [0.15, 0.2) is 11.0 Å². The van der Waals surface area contributed by atoms with Gasteiger partial charge in [0.1, 0.15) is 11.6 Å². The third-order valence-corrected chi connectivity index (χ3v) is 6.46. The number of thioether (sulfide) groups is 1. The fraction of sp³-hybridized carbons (Fsp3) is 0.227.